The topological polar surface area (TPSA) is 56.1 Å². The fourth-order valence-corrected chi connectivity index (χ4v) is 3.02. The zero-order valence-corrected chi connectivity index (χ0v) is 16.6. The molecule has 0 aliphatic carbocycles. The van der Waals surface area contributed by atoms with E-state index in [1.807, 2.05) is 20.8 Å². The van der Waals surface area contributed by atoms with E-state index in [9.17, 15) is 18.0 Å². The van der Waals surface area contributed by atoms with Gasteiger partial charge in [0.25, 0.3) is 5.91 Å². The van der Waals surface area contributed by atoms with Gasteiger partial charge in [0, 0.05) is 18.2 Å². The van der Waals surface area contributed by atoms with Gasteiger partial charge in [-0.15, -0.1) is 0 Å². The molecule has 2 rings (SSSR count). The highest BCUT2D eigenvalue weighted by Gasteiger charge is 2.40. The van der Waals surface area contributed by atoms with Crippen LogP contribution in [0.4, 0.5) is 13.2 Å². The first-order valence-electron chi connectivity index (χ1n) is 8.96. The van der Waals surface area contributed by atoms with Crippen LogP contribution < -0.4 is 5.32 Å². The number of benzene rings is 1. The zero-order valence-electron chi connectivity index (χ0n) is 15.9. The molecular formula is C19H23ClF3N3O2. The molecule has 0 spiro atoms. The summed E-state index contributed by atoms with van der Waals surface area (Å²) in [6.45, 7) is 6.56. The fourth-order valence-electron chi connectivity index (χ4n) is 2.84. The first kappa shape index (κ1) is 22.2. The van der Waals surface area contributed by atoms with E-state index in [1.54, 1.807) is 6.07 Å². The fraction of sp³-hybridized carbons (Fsp3) is 0.474. The van der Waals surface area contributed by atoms with Crippen molar-refractivity contribution in [3.8, 4) is 5.69 Å². The van der Waals surface area contributed by atoms with Crippen molar-refractivity contribution in [2.24, 2.45) is 5.92 Å². The van der Waals surface area contributed by atoms with Crippen LogP contribution in [0.15, 0.2) is 30.5 Å². The summed E-state index contributed by atoms with van der Waals surface area (Å²) in [4.78, 5) is 12.4. The van der Waals surface area contributed by atoms with E-state index < -0.39 is 23.3 Å². The third kappa shape index (κ3) is 5.48. The molecule has 0 saturated heterocycles. The van der Waals surface area contributed by atoms with Gasteiger partial charge in [-0.25, -0.2) is 4.68 Å². The second-order valence-electron chi connectivity index (χ2n) is 6.58. The zero-order chi connectivity index (χ0) is 20.9. The molecule has 2 aromatic rings. The Labute approximate surface area is 166 Å². The van der Waals surface area contributed by atoms with Crippen LogP contribution in [-0.2, 0) is 10.9 Å². The molecule has 28 heavy (non-hydrogen) atoms. The Kier molecular flexibility index (Phi) is 7.48. The van der Waals surface area contributed by atoms with E-state index >= 15 is 0 Å². The maximum atomic E-state index is 13.7. The van der Waals surface area contributed by atoms with Gasteiger partial charge in [-0.05, 0) is 37.5 Å². The normalized spacial score (nSPS) is 13.0. The van der Waals surface area contributed by atoms with Gasteiger partial charge in [0.05, 0.1) is 23.6 Å². The monoisotopic (exact) mass is 417 g/mol. The third-order valence-electron chi connectivity index (χ3n) is 4.17. The molecule has 9 heteroatoms. The molecule has 0 aliphatic rings. The molecule has 0 fully saturated rings. The Morgan fingerprint density at radius 3 is 2.64 bits per heavy atom. The molecule has 1 aromatic carbocycles. The van der Waals surface area contributed by atoms with E-state index in [0.29, 0.717) is 17.7 Å². The Balaban J connectivity index is 2.22. The SMILES string of the molecule is CCOC(CCNC(=O)c1cnn(-c2cccc(Cl)c2)c1C(F)(F)F)C(C)C. The lowest BCUT2D eigenvalue weighted by Crippen LogP contribution is -2.31. The van der Waals surface area contributed by atoms with Crippen LogP contribution in [0.5, 0.6) is 0 Å². The van der Waals surface area contributed by atoms with Gasteiger partial charge in [0.2, 0.25) is 0 Å². The van der Waals surface area contributed by atoms with Gasteiger partial charge in [-0.2, -0.15) is 18.3 Å². The number of rotatable bonds is 8. The number of hydrogen-bond donors (Lipinski definition) is 1. The minimum atomic E-state index is -4.77. The maximum Gasteiger partial charge on any atom is 0.434 e. The first-order chi connectivity index (χ1) is 13.1. The number of amides is 1. The van der Waals surface area contributed by atoms with Crippen LogP contribution in [0.2, 0.25) is 5.02 Å². The Bertz CT molecular complexity index is 806. The second kappa shape index (κ2) is 9.43. The molecule has 5 nitrogen and oxygen atoms in total. The average molecular weight is 418 g/mol. The highest BCUT2D eigenvalue weighted by molar-refractivity contribution is 6.30. The summed E-state index contributed by atoms with van der Waals surface area (Å²) >= 11 is 5.87. The molecule has 0 bridgehead atoms. The lowest BCUT2D eigenvalue weighted by molar-refractivity contribution is -0.143. The lowest BCUT2D eigenvalue weighted by atomic mass is 10.0. The maximum absolute atomic E-state index is 13.7. The lowest BCUT2D eigenvalue weighted by Gasteiger charge is -2.21. The highest BCUT2D eigenvalue weighted by Crippen LogP contribution is 2.34. The molecular weight excluding hydrogens is 395 g/mol. The number of halogens is 4. The molecule has 1 N–H and O–H groups in total. The molecule has 0 saturated carbocycles. The smallest absolute Gasteiger partial charge is 0.378 e. The van der Waals surface area contributed by atoms with Crippen molar-refractivity contribution in [2.45, 2.75) is 39.5 Å². The van der Waals surface area contributed by atoms with E-state index in [2.05, 4.69) is 10.4 Å². The second-order valence-corrected chi connectivity index (χ2v) is 7.02. The Morgan fingerprint density at radius 1 is 1.36 bits per heavy atom. The van der Waals surface area contributed by atoms with E-state index in [4.69, 9.17) is 16.3 Å². The number of carbonyl (C=O) groups excluding carboxylic acids is 1. The number of ether oxygens (including phenoxy) is 1. The van der Waals surface area contributed by atoms with E-state index in [1.165, 1.54) is 18.2 Å². The predicted octanol–water partition coefficient (Wildman–Crippen LogP) is 4.73. The molecule has 0 aliphatic heterocycles. The van der Waals surface area contributed by atoms with Crippen LogP contribution >= 0.6 is 11.6 Å². The summed E-state index contributed by atoms with van der Waals surface area (Å²) in [5, 5.41) is 6.57. The molecule has 1 atom stereocenters. The van der Waals surface area contributed by atoms with Crippen molar-refractivity contribution in [2.75, 3.05) is 13.2 Å². The van der Waals surface area contributed by atoms with Crippen LogP contribution in [-0.4, -0.2) is 34.9 Å². The van der Waals surface area contributed by atoms with E-state index in [0.717, 1.165) is 6.20 Å². The predicted molar refractivity (Wildman–Crippen MR) is 101 cm³/mol. The van der Waals surface area contributed by atoms with Crippen molar-refractivity contribution >= 4 is 17.5 Å². The number of nitrogens with one attached hydrogen (secondary N) is 1. The summed E-state index contributed by atoms with van der Waals surface area (Å²) in [5.74, 6) is -0.604. The third-order valence-corrected chi connectivity index (χ3v) is 4.41. The largest absolute Gasteiger partial charge is 0.434 e. The quantitative estimate of drug-likeness (QED) is 0.675. The highest BCUT2D eigenvalue weighted by atomic mass is 35.5. The number of alkyl halides is 3. The average Bonchev–Trinajstić information content (AvgIpc) is 3.06. The summed E-state index contributed by atoms with van der Waals surface area (Å²) in [6.07, 6.45) is -3.43. The minimum Gasteiger partial charge on any atom is -0.378 e. The summed E-state index contributed by atoms with van der Waals surface area (Å²) in [5.41, 5.74) is -1.56. The molecule has 1 aromatic heterocycles. The van der Waals surface area contributed by atoms with Gasteiger partial charge in [0.1, 0.15) is 0 Å². The van der Waals surface area contributed by atoms with Crippen LogP contribution in [0.3, 0.4) is 0 Å². The minimum absolute atomic E-state index is 0.0819. The van der Waals surface area contributed by atoms with Crippen LogP contribution in [0.1, 0.15) is 43.2 Å². The van der Waals surface area contributed by atoms with Crippen molar-refractivity contribution in [1.29, 1.82) is 0 Å². The number of hydrogen-bond acceptors (Lipinski definition) is 3. The van der Waals surface area contributed by atoms with Crippen molar-refractivity contribution in [3.63, 3.8) is 0 Å². The summed E-state index contributed by atoms with van der Waals surface area (Å²) < 4.78 is 47.2. The van der Waals surface area contributed by atoms with Gasteiger partial charge in [-0.3, -0.25) is 4.79 Å². The summed E-state index contributed by atoms with van der Waals surface area (Å²) in [7, 11) is 0. The molecule has 1 amide bonds. The molecule has 0 radical (unpaired) electrons. The number of aromatic nitrogens is 2. The summed E-state index contributed by atoms with van der Waals surface area (Å²) in [6, 6.07) is 5.84. The Morgan fingerprint density at radius 2 is 2.07 bits per heavy atom. The first-order valence-corrected chi connectivity index (χ1v) is 9.33. The van der Waals surface area contributed by atoms with Crippen LogP contribution in [0.25, 0.3) is 5.69 Å². The van der Waals surface area contributed by atoms with E-state index in [-0.39, 0.29) is 29.3 Å². The van der Waals surface area contributed by atoms with Gasteiger partial charge in [0.15, 0.2) is 5.69 Å². The Hall–Kier alpha value is -2.06. The standard InChI is InChI=1S/C19H23ClF3N3O2/c1-4-28-16(12(2)3)8-9-24-18(27)15-11-25-26(17(15)19(21,22)23)14-7-5-6-13(20)10-14/h5-7,10-12,16H,4,8-9H2,1-3H3,(H,24,27). The van der Waals surface area contributed by atoms with Gasteiger partial charge < -0.3 is 10.1 Å². The van der Waals surface area contributed by atoms with Crippen molar-refractivity contribution in [1.82, 2.24) is 15.1 Å². The van der Waals surface area contributed by atoms with Crippen molar-refractivity contribution < 1.29 is 22.7 Å². The molecule has 154 valence electrons. The van der Waals surface area contributed by atoms with Crippen molar-refractivity contribution in [3.05, 3.63) is 46.7 Å². The number of carbonyl (C=O) groups is 1. The van der Waals surface area contributed by atoms with Gasteiger partial charge in [-0.1, -0.05) is 31.5 Å². The molecule has 1 heterocycles. The van der Waals surface area contributed by atoms with Crippen LogP contribution in [0, 0.1) is 5.92 Å². The van der Waals surface area contributed by atoms with Gasteiger partial charge >= 0.3 is 6.18 Å². The number of nitrogens with zero attached hydrogens (tertiary/aromatic N) is 2. The molecule has 1 unspecified atom stereocenters.